The standard InChI is InChI=1S/C23H16ClF3N6O/c1-2-16(32-22-20-21(29-9-28-20)30-10-31-22)17-5-11-3-4-15(27)19(24)18(11)23(34)33(17)14-7-12(25)6-13(26)8-14/h3-10,16H,2H2,1H3,(H2,28,29,30,31,32)/t16-/m1/s1. The summed E-state index contributed by atoms with van der Waals surface area (Å²) in [7, 11) is 0. The first-order valence-electron chi connectivity index (χ1n) is 10.3. The molecule has 172 valence electrons. The Balaban J connectivity index is 1.78. The fourth-order valence-corrected chi connectivity index (χ4v) is 4.22. The van der Waals surface area contributed by atoms with Crippen molar-refractivity contribution in [3.05, 3.63) is 87.6 Å². The van der Waals surface area contributed by atoms with E-state index in [1.165, 1.54) is 18.7 Å². The molecule has 2 aromatic carbocycles. The van der Waals surface area contributed by atoms with Crippen LogP contribution in [0.25, 0.3) is 27.6 Å². The van der Waals surface area contributed by atoms with Gasteiger partial charge in [0, 0.05) is 11.8 Å². The van der Waals surface area contributed by atoms with Gasteiger partial charge < -0.3 is 10.3 Å². The third-order valence-electron chi connectivity index (χ3n) is 5.51. The van der Waals surface area contributed by atoms with Gasteiger partial charge in [0.05, 0.1) is 28.5 Å². The summed E-state index contributed by atoms with van der Waals surface area (Å²) >= 11 is 6.12. The number of pyridine rings is 1. The molecule has 0 saturated carbocycles. The first-order chi connectivity index (χ1) is 16.4. The van der Waals surface area contributed by atoms with Crippen LogP contribution in [-0.4, -0.2) is 24.5 Å². The normalized spacial score (nSPS) is 12.4. The molecule has 0 aliphatic carbocycles. The lowest BCUT2D eigenvalue weighted by Crippen LogP contribution is -2.27. The molecule has 5 aromatic rings. The highest BCUT2D eigenvalue weighted by Crippen LogP contribution is 2.31. The predicted molar refractivity (Wildman–Crippen MR) is 123 cm³/mol. The maximum absolute atomic E-state index is 14.2. The zero-order valence-electron chi connectivity index (χ0n) is 17.6. The molecule has 3 heterocycles. The Morgan fingerprint density at radius 2 is 1.85 bits per heavy atom. The number of benzene rings is 2. The molecule has 0 unspecified atom stereocenters. The minimum atomic E-state index is -0.866. The minimum absolute atomic E-state index is 0.0608. The van der Waals surface area contributed by atoms with Crippen molar-refractivity contribution >= 4 is 39.4 Å². The van der Waals surface area contributed by atoms with Gasteiger partial charge >= 0.3 is 0 Å². The summed E-state index contributed by atoms with van der Waals surface area (Å²) in [6.07, 6.45) is 3.27. The molecule has 0 amide bonds. The van der Waals surface area contributed by atoms with Gasteiger partial charge in [0.1, 0.15) is 29.3 Å². The van der Waals surface area contributed by atoms with Crippen LogP contribution in [0.5, 0.6) is 0 Å². The van der Waals surface area contributed by atoms with Gasteiger partial charge in [-0.25, -0.2) is 28.1 Å². The van der Waals surface area contributed by atoms with E-state index in [1.807, 2.05) is 6.92 Å². The summed E-state index contributed by atoms with van der Waals surface area (Å²) in [5.74, 6) is -2.08. The van der Waals surface area contributed by atoms with Crippen molar-refractivity contribution in [3.63, 3.8) is 0 Å². The molecule has 1 atom stereocenters. The number of aromatic amines is 1. The molecule has 0 bridgehead atoms. The third kappa shape index (κ3) is 3.65. The number of aromatic nitrogens is 5. The van der Waals surface area contributed by atoms with E-state index in [0.29, 0.717) is 40.5 Å². The van der Waals surface area contributed by atoms with Crippen LogP contribution in [0.1, 0.15) is 25.1 Å². The van der Waals surface area contributed by atoms with E-state index in [4.69, 9.17) is 11.6 Å². The molecule has 7 nitrogen and oxygen atoms in total. The number of anilines is 1. The number of nitrogens with one attached hydrogen (secondary N) is 2. The predicted octanol–water partition coefficient (Wildman–Crippen LogP) is 5.29. The Hall–Kier alpha value is -3.92. The summed E-state index contributed by atoms with van der Waals surface area (Å²) in [6, 6.07) is 6.43. The first-order valence-corrected chi connectivity index (χ1v) is 10.7. The minimum Gasteiger partial charge on any atom is -0.360 e. The SMILES string of the molecule is CC[C@@H](Nc1ncnc2nc[nH]c12)c1cc2ccc(F)c(Cl)c2c(=O)n1-c1cc(F)cc(F)c1. The van der Waals surface area contributed by atoms with Crippen LogP contribution >= 0.6 is 11.6 Å². The zero-order chi connectivity index (χ0) is 24.0. The Kier molecular flexibility index (Phi) is 5.45. The van der Waals surface area contributed by atoms with Gasteiger partial charge in [0.15, 0.2) is 11.5 Å². The van der Waals surface area contributed by atoms with E-state index in [-0.39, 0.29) is 16.1 Å². The van der Waals surface area contributed by atoms with Gasteiger partial charge in [0.25, 0.3) is 5.56 Å². The number of hydrogen-bond acceptors (Lipinski definition) is 5. The summed E-state index contributed by atoms with van der Waals surface area (Å²) in [5, 5.41) is 3.18. The summed E-state index contributed by atoms with van der Waals surface area (Å²) in [4.78, 5) is 29.0. The molecule has 11 heteroatoms. The van der Waals surface area contributed by atoms with Crippen LogP contribution in [0.3, 0.4) is 0 Å². The van der Waals surface area contributed by atoms with Crippen LogP contribution in [0.2, 0.25) is 5.02 Å². The largest absolute Gasteiger partial charge is 0.360 e. The van der Waals surface area contributed by atoms with Crippen molar-refractivity contribution < 1.29 is 13.2 Å². The molecular weight excluding hydrogens is 469 g/mol. The van der Waals surface area contributed by atoms with Crippen molar-refractivity contribution in [1.82, 2.24) is 24.5 Å². The van der Waals surface area contributed by atoms with Gasteiger partial charge in [-0.3, -0.25) is 9.36 Å². The fraction of sp³-hybridized carbons (Fsp3) is 0.130. The Bertz CT molecular complexity index is 1600. The lowest BCUT2D eigenvalue weighted by Gasteiger charge is -2.23. The molecule has 0 spiro atoms. The fourth-order valence-electron chi connectivity index (χ4n) is 3.97. The van der Waals surface area contributed by atoms with Crippen LogP contribution < -0.4 is 10.9 Å². The third-order valence-corrected chi connectivity index (χ3v) is 5.88. The molecule has 0 aliphatic rings. The number of hydrogen-bond donors (Lipinski definition) is 2. The summed E-state index contributed by atoms with van der Waals surface area (Å²) in [6.45, 7) is 1.87. The van der Waals surface area contributed by atoms with Gasteiger partial charge in [-0.1, -0.05) is 24.6 Å². The lowest BCUT2D eigenvalue weighted by atomic mass is 10.0. The lowest BCUT2D eigenvalue weighted by molar-refractivity contribution is 0.579. The number of rotatable bonds is 5. The molecular formula is C23H16ClF3N6O. The van der Waals surface area contributed by atoms with Crippen LogP contribution in [-0.2, 0) is 0 Å². The van der Waals surface area contributed by atoms with Crippen molar-refractivity contribution in [2.24, 2.45) is 0 Å². The number of H-pyrrole nitrogens is 1. The van der Waals surface area contributed by atoms with Crippen molar-refractivity contribution in [3.8, 4) is 5.69 Å². The van der Waals surface area contributed by atoms with E-state index in [9.17, 15) is 18.0 Å². The highest BCUT2D eigenvalue weighted by Gasteiger charge is 2.22. The van der Waals surface area contributed by atoms with Gasteiger partial charge in [-0.15, -0.1) is 0 Å². The zero-order valence-corrected chi connectivity index (χ0v) is 18.4. The average molecular weight is 485 g/mol. The Labute approximate surface area is 195 Å². The molecule has 0 fully saturated rings. The molecule has 2 N–H and O–H groups in total. The van der Waals surface area contributed by atoms with Crippen molar-refractivity contribution in [1.29, 1.82) is 0 Å². The second-order valence-corrected chi connectivity index (χ2v) is 7.97. The molecule has 5 rings (SSSR count). The molecule has 3 aromatic heterocycles. The van der Waals surface area contributed by atoms with Crippen molar-refractivity contribution in [2.45, 2.75) is 19.4 Å². The molecule has 34 heavy (non-hydrogen) atoms. The molecule has 0 radical (unpaired) electrons. The average Bonchev–Trinajstić information content (AvgIpc) is 3.28. The Morgan fingerprint density at radius 1 is 1.09 bits per heavy atom. The van der Waals surface area contributed by atoms with Gasteiger partial charge in [-0.05, 0) is 36.1 Å². The maximum atomic E-state index is 14.2. The van der Waals surface area contributed by atoms with Gasteiger partial charge in [-0.2, -0.15) is 0 Å². The summed E-state index contributed by atoms with van der Waals surface area (Å²) < 4.78 is 43.6. The van der Waals surface area contributed by atoms with Crippen LogP contribution in [0, 0.1) is 17.5 Å². The number of fused-ring (bicyclic) bond motifs is 2. The first kappa shape index (κ1) is 21.9. The number of nitrogens with zero attached hydrogens (tertiary/aromatic N) is 4. The van der Waals surface area contributed by atoms with E-state index >= 15 is 0 Å². The smallest absolute Gasteiger partial charge is 0.264 e. The molecule has 0 aliphatic heterocycles. The summed E-state index contributed by atoms with van der Waals surface area (Å²) in [5.41, 5.74) is 0.597. The highest BCUT2D eigenvalue weighted by molar-refractivity contribution is 6.35. The van der Waals surface area contributed by atoms with Crippen molar-refractivity contribution in [2.75, 3.05) is 5.32 Å². The monoisotopic (exact) mass is 484 g/mol. The molecule has 0 saturated heterocycles. The van der Waals surface area contributed by atoms with Crippen LogP contribution in [0.15, 0.2) is 53.8 Å². The van der Waals surface area contributed by atoms with E-state index in [1.54, 1.807) is 6.07 Å². The maximum Gasteiger partial charge on any atom is 0.264 e. The quantitative estimate of drug-likeness (QED) is 0.354. The highest BCUT2D eigenvalue weighted by atomic mass is 35.5. The van der Waals surface area contributed by atoms with E-state index in [2.05, 4.69) is 25.3 Å². The van der Waals surface area contributed by atoms with E-state index in [0.717, 1.165) is 22.8 Å². The van der Waals surface area contributed by atoms with Gasteiger partial charge in [0.2, 0.25) is 0 Å². The van der Waals surface area contributed by atoms with Crippen LogP contribution in [0.4, 0.5) is 19.0 Å². The number of halogens is 4. The van der Waals surface area contributed by atoms with E-state index < -0.39 is 29.1 Å². The Morgan fingerprint density at radius 3 is 2.59 bits per heavy atom. The topological polar surface area (TPSA) is 88.5 Å². The number of imidazole rings is 1. The second-order valence-electron chi connectivity index (χ2n) is 7.59. The second kappa shape index (κ2) is 8.45.